The number of ether oxygens (including phenoxy) is 1. The average Bonchev–Trinajstić information content (AvgIpc) is 2.01. The summed E-state index contributed by atoms with van der Waals surface area (Å²) in [5.74, 6) is 0.132. The lowest BCUT2D eigenvalue weighted by atomic mass is 10.0. The highest BCUT2D eigenvalue weighted by atomic mass is 16.5. The molecule has 15 heavy (non-hydrogen) atoms. The Morgan fingerprint density at radius 1 is 1.40 bits per heavy atom. The van der Waals surface area contributed by atoms with E-state index in [0.717, 1.165) is 12.8 Å². The third-order valence-corrected chi connectivity index (χ3v) is 2.13. The smallest absolute Gasteiger partial charge is 0.220 e. The van der Waals surface area contributed by atoms with Crippen molar-refractivity contribution in [2.75, 3.05) is 6.61 Å². The molecule has 0 atom stereocenters. The van der Waals surface area contributed by atoms with E-state index in [0.29, 0.717) is 13.0 Å². The molecule has 0 aromatic carbocycles. The van der Waals surface area contributed by atoms with Crippen LogP contribution in [0.2, 0.25) is 0 Å². The van der Waals surface area contributed by atoms with E-state index in [4.69, 9.17) is 4.74 Å². The molecule has 0 fully saturated rings. The van der Waals surface area contributed by atoms with Crippen molar-refractivity contribution in [2.24, 2.45) is 0 Å². The second-order valence-corrected chi connectivity index (χ2v) is 4.85. The predicted octanol–water partition coefficient (Wildman–Crippen LogP) is 2.50. The molecule has 3 heteroatoms. The maximum Gasteiger partial charge on any atom is 0.220 e. The van der Waals surface area contributed by atoms with E-state index < -0.39 is 0 Å². The Balaban J connectivity index is 3.80. The van der Waals surface area contributed by atoms with Crippen LogP contribution in [0.25, 0.3) is 0 Å². The number of hydrogen-bond acceptors (Lipinski definition) is 2. The van der Waals surface area contributed by atoms with Gasteiger partial charge in [-0.2, -0.15) is 0 Å². The predicted molar refractivity (Wildman–Crippen MR) is 62.8 cm³/mol. The maximum atomic E-state index is 11.4. The van der Waals surface area contributed by atoms with Crippen LogP contribution in [0.4, 0.5) is 0 Å². The zero-order chi connectivity index (χ0) is 11.9. The molecule has 0 aliphatic rings. The first-order chi connectivity index (χ1) is 6.87. The molecule has 3 nitrogen and oxygen atoms in total. The lowest BCUT2D eigenvalue weighted by Gasteiger charge is -2.26. The van der Waals surface area contributed by atoms with Crippen LogP contribution in [-0.4, -0.2) is 24.2 Å². The number of hydrogen-bond donors (Lipinski definition) is 1. The Morgan fingerprint density at radius 2 is 2.00 bits per heavy atom. The highest BCUT2D eigenvalue weighted by Crippen LogP contribution is 2.09. The van der Waals surface area contributed by atoms with Gasteiger partial charge in [0.05, 0.1) is 6.10 Å². The fraction of sp³-hybridized carbons (Fsp3) is 0.917. The molecule has 0 saturated carbocycles. The molecule has 0 aromatic heterocycles. The minimum absolute atomic E-state index is 0.132. The van der Waals surface area contributed by atoms with E-state index in [2.05, 4.69) is 5.32 Å². The van der Waals surface area contributed by atoms with Crippen LogP contribution >= 0.6 is 0 Å². The number of carbonyl (C=O) groups excluding carboxylic acids is 1. The number of nitrogens with one attached hydrogen (secondary N) is 1. The minimum Gasteiger partial charge on any atom is -0.379 e. The molecule has 0 bridgehead atoms. The molecule has 0 radical (unpaired) electrons. The fourth-order valence-corrected chi connectivity index (χ4v) is 1.28. The molecule has 0 saturated heterocycles. The Morgan fingerprint density at radius 3 is 2.47 bits per heavy atom. The third kappa shape index (κ3) is 8.43. The Labute approximate surface area is 93.6 Å². The van der Waals surface area contributed by atoms with Crippen LogP contribution in [0.1, 0.15) is 53.9 Å². The van der Waals surface area contributed by atoms with Gasteiger partial charge in [-0.15, -0.1) is 0 Å². The van der Waals surface area contributed by atoms with Crippen molar-refractivity contribution in [1.82, 2.24) is 5.32 Å². The maximum absolute atomic E-state index is 11.4. The van der Waals surface area contributed by atoms with E-state index in [-0.39, 0.29) is 17.6 Å². The summed E-state index contributed by atoms with van der Waals surface area (Å²) in [6.45, 7) is 10.8. The molecule has 1 amide bonds. The number of carbonyl (C=O) groups is 1. The van der Waals surface area contributed by atoms with Crippen LogP contribution in [0.15, 0.2) is 0 Å². The van der Waals surface area contributed by atoms with Crippen molar-refractivity contribution in [3.05, 3.63) is 0 Å². The van der Waals surface area contributed by atoms with Crippen LogP contribution in [-0.2, 0) is 9.53 Å². The summed E-state index contributed by atoms with van der Waals surface area (Å²) < 4.78 is 5.47. The van der Waals surface area contributed by atoms with Crippen LogP contribution in [0.5, 0.6) is 0 Å². The van der Waals surface area contributed by atoms with Gasteiger partial charge in [-0.1, -0.05) is 6.92 Å². The Kier molecular flexibility index (Phi) is 6.57. The van der Waals surface area contributed by atoms with Crippen molar-refractivity contribution in [1.29, 1.82) is 0 Å². The lowest BCUT2D eigenvalue weighted by Crippen LogP contribution is -2.44. The van der Waals surface area contributed by atoms with Crippen LogP contribution in [0.3, 0.4) is 0 Å². The van der Waals surface area contributed by atoms with E-state index in [9.17, 15) is 4.79 Å². The van der Waals surface area contributed by atoms with Crippen molar-refractivity contribution < 1.29 is 9.53 Å². The summed E-state index contributed by atoms with van der Waals surface area (Å²) in [5.41, 5.74) is -0.166. The summed E-state index contributed by atoms with van der Waals surface area (Å²) >= 11 is 0. The SMILES string of the molecule is CCCC(=O)NC(C)(C)CCOC(C)C. The number of rotatable bonds is 7. The van der Waals surface area contributed by atoms with Crippen molar-refractivity contribution in [3.8, 4) is 0 Å². The largest absolute Gasteiger partial charge is 0.379 e. The van der Waals surface area contributed by atoms with Crippen molar-refractivity contribution >= 4 is 5.91 Å². The molecule has 0 spiro atoms. The summed E-state index contributed by atoms with van der Waals surface area (Å²) in [4.78, 5) is 11.4. The van der Waals surface area contributed by atoms with Crippen molar-refractivity contribution in [2.45, 2.75) is 65.5 Å². The van der Waals surface area contributed by atoms with Crippen LogP contribution < -0.4 is 5.32 Å². The fourth-order valence-electron chi connectivity index (χ4n) is 1.28. The zero-order valence-corrected chi connectivity index (χ0v) is 10.7. The molecule has 0 heterocycles. The standard InChI is InChI=1S/C12H25NO2/c1-6-7-11(14)13-12(4,5)8-9-15-10(2)3/h10H,6-9H2,1-5H3,(H,13,14). The third-order valence-electron chi connectivity index (χ3n) is 2.13. The monoisotopic (exact) mass is 215 g/mol. The first-order valence-corrected chi connectivity index (χ1v) is 5.80. The first-order valence-electron chi connectivity index (χ1n) is 5.80. The van der Waals surface area contributed by atoms with E-state index in [1.807, 2.05) is 34.6 Å². The highest BCUT2D eigenvalue weighted by molar-refractivity contribution is 5.76. The van der Waals surface area contributed by atoms with Gasteiger partial charge < -0.3 is 10.1 Å². The van der Waals surface area contributed by atoms with Crippen molar-refractivity contribution in [3.63, 3.8) is 0 Å². The average molecular weight is 215 g/mol. The summed E-state index contributed by atoms with van der Waals surface area (Å²) in [7, 11) is 0. The molecule has 0 rings (SSSR count). The molecule has 0 aliphatic carbocycles. The lowest BCUT2D eigenvalue weighted by molar-refractivity contribution is -0.122. The molecule has 0 unspecified atom stereocenters. The van der Waals surface area contributed by atoms with Gasteiger partial charge in [0.1, 0.15) is 0 Å². The van der Waals surface area contributed by atoms with Gasteiger partial charge >= 0.3 is 0 Å². The van der Waals surface area contributed by atoms with Gasteiger partial charge in [-0.3, -0.25) is 4.79 Å². The first kappa shape index (κ1) is 14.4. The van der Waals surface area contributed by atoms with E-state index in [1.165, 1.54) is 0 Å². The van der Waals surface area contributed by atoms with Gasteiger partial charge in [0.15, 0.2) is 0 Å². The normalized spacial score (nSPS) is 11.9. The second kappa shape index (κ2) is 6.83. The minimum atomic E-state index is -0.166. The second-order valence-electron chi connectivity index (χ2n) is 4.85. The van der Waals surface area contributed by atoms with Gasteiger partial charge in [0.2, 0.25) is 5.91 Å². The Hall–Kier alpha value is -0.570. The molecule has 0 aromatic rings. The van der Waals surface area contributed by atoms with Gasteiger partial charge in [0, 0.05) is 18.6 Å². The highest BCUT2D eigenvalue weighted by Gasteiger charge is 2.19. The molecular formula is C12H25NO2. The molecular weight excluding hydrogens is 190 g/mol. The molecule has 90 valence electrons. The van der Waals surface area contributed by atoms with E-state index >= 15 is 0 Å². The molecule has 0 aliphatic heterocycles. The van der Waals surface area contributed by atoms with Gasteiger partial charge in [-0.05, 0) is 40.5 Å². The van der Waals surface area contributed by atoms with Gasteiger partial charge in [0.25, 0.3) is 0 Å². The van der Waals surface area contributed by atoms with Crippen LogP contribution in [0, 0.1) is 0 Å². The van der Waals surface area contributed by atoms with E-state index in [1.54, 1.807) is 0 Å². The number of amides is 1. The summed E-state index contributed by atoms with van der Waals surface area (Å²) in [6.07, 6.45) is 2.60. The topological polar surface area (TPSA) is 38.3 Å². The van der Waals surface area contributed by atoms with Gasteiger partial charge in [-0.25, -0.2) is 0 Å². The summed E-state index contributed by atoms with van der Waals surface area (Å²) in [5, 5.41) is 3.01. The zero-order valence-electron chi connectivity index (χ0n) is 10.7. The Bertz CT molecular complexity index is 188. The summed E-state index contributed by atoms with van der Waals surface area (Å²) in [6, 6.07) is 0. The molecule has 1 N–H and O–H groups in total. The quantitative estimate of drug-likeness (QED) is 0.708.